The van der Waals surface area contributed by atoms with Gasteiger partial charge in [0, 0.05) is 25.7 Å². The average molecular weight is 368 g/mol. The van der Waals surface area contributed by atoms with E-state index in [1.807, 2.05) is 19.0 Å². The predicted octanol–water partition coefficient (Wildman–Crippen LogP) is 2.51. The monoisotopic (exact) mass is 368 g/mol. The number of hydrogen-bond acceptors (Lipinski definition) is 7. The molecule has 146 valence electrons. The van der Waals surface area contributed by atoms with E-state index in [1.54, 1.807) is 32.9 Å². The van der Waals surface area contributed by atoms with Crippen molar-refractivity contribution in [3.63, 3.8) is 0 Å². The largest absolute Gasteiger partial charge is 0.496 e. The van der Waals surface area contributed by atoms with E-state index >= 15 is 0 Å². The topological polar surface area (TPSA) is 86.3 Å². The molecule has 0 saturated carbocycles. The zero-order valence-corrected chi connectivity index (χ0v) is 16.6. The molecule has 1 atom stereocenters. The number of esters is 1. The number of rotatable bonds is 6. The summed E-state index contributed by atoms with van der Waals surface area (Å²) in [7, 11) is 7.95. The average Bonchev–Trinajstić information content (AvgIpc) is 2.56. The summed E-state index contributed by atoms with van der Waals surface area (Å²) in [5, 5.41) is 2.53. The van der Waals surface area contributed by atoms with Crippen LogP contribution in [0.5, 0.6) is 11.5 Å². The van der Waals surface area contributed by atoms with E-state index in [0.717, 1.165) is 5.69 Å². The van der Waals surface area contributed by atoms with Gasteiger partial charge in [0.05, 0.1) is 27.0 Å². The van der Waals surface area contributed by atoms with Crippen LogP contribution in [-0.4, -0.2) is 53.1 Å². The van der Waals surface area contributed by atoms with E-state index in [1.165, 1.54) is 21.3 Å². The molecule has 0 spiro atoms. The SMILES string of the molecule is COC(=O)[C@H](NC(=O)OC(C)(C)C)c1cc(OC)c(N(C)C)cc1OC. The molecule has 1 aromatic rings. The second-order valence-electron chi connectivity index (χ2n) is 6.76. The van der Waals surface area contributed by atoms with Crippen LogP contribution in [0.2, 0.25) is 0 Å². The van der Waals surface area contributed by atoms with Crippen molar-refractivity contribution in [3.8, 4) is 11.5 Å². The van der Waals surface area contributed by atoms with Gasteiger partial charge in [-0.1, -0.05) is 0 Å². The number of benzene rings is 1. The van der Waals surface area contributed by atoms with Crippen molar-refractivity contribution in [1.29, 1.82) is 0 Å². The Bertz CT molecular complexity index is 652. The molecule has 0 aromatic heterocycles. The van der Waals surface area contributed by atoms with E-state index in [-0.39, 0.29) is 0 Å². The molecule has 1 rings (SSSR count). The summed E-state index contributed by atoms with van der Waals surface area (Å²) in [6, 6.07) is 2.24. The highest BCUT2D eigenvalue weighted by atomic mass is 16.6. The molecular weight excluding hydrogens is 340 g/mol. The van der Waals surface area contributed by atoms with E-state index in [4.69, 9.17) is 18.9 Å². The van der Waals surface area contributed by atoms with E-state index in [9.17, 15) is 9.59 Å². The van der Waals surface area contributed by atoms with Crippen LogP contribution < -0.4 is 19.7 Å². The van der Waals surface area contributed by atoms with Crippen LogP contribution in [0, 0.1) is 0 Å². The Labute approximate surface area is 154 Å². The molecule has 0 aliphatic carbocycles. The molecule has 0 fully saturated rings. The quantitative estimate of drug-likeness (QED) is 0.772. The van der Waals surface area contributed by atoms with Gasteiger partial charge in [0.1, 0.15) is 17.1 Å². The summed E-state index contributed by atoms with van der Waals surface area (Å²) in [6.07, 6.45) is -0.745. The Morgan fingerprint density at radius 2 is 1.62 bits per heavy atom. The lowest BCUT2D eigenvalue weighted by molar-refractivity contribution is -0.143. The molecule has 0 unspecified atom stereocenters. The number of hydrogen-bond donors (Lipinski definition) is 1. The summed E-state index contributed by atoms with van der Waals surface area (Å²) in [6.45, 7) is 5.19. The lowest BCUT2D eigenvalue weighted by Gasteiger charge is -2.25. The Kier molecular flexibility index (Phi) is 7.11. The number of carbonyl (C=O) groups is 2. The van der Waals surface area contributed by atoms with Crippen molar-refractivity contribution in [2.24, 2.45) is 0 Å². The van der Waals surface area contributed by atoms with Gasteiger partial charge in [0.2, 0.25) is 0 Å². The van der Waals surface area contributed by atoms with Crippen LogP contribution in [0.15, 0.2) is 12.1 Å². The first-order chi connectivity index (χ1) is 12.0. The summed E-state index contributed by atoms with van der Waals surface area (Å²) in [4.78, 5) is 26.3. The maximum Gasteiger partial charge on any atom is 0.408 e. The molecule has 1 amide bonds. The Hall–Kier alpha value is -2.64. The fourth-order valence-electron chi connectivity index (χ4n) is 2.29. The first-order valence-electron chi connectivity index (χ1n) is 8.04. The Balaban J connectivity index is 3.37. The number of carbonyl (C=O) groups excluding carboxylic acids is 2. The number of methoxy groups -OCH3 is 3. The Morgan fingerprint density at radius 1 is 1.04 bits per heavy atom. The zero-order chi connectivity index (χ0) is 20.1. The van der Waals surface area contributed by atoms with Crippen LogP contribution in [0.25, 0.3) is 0 Å². The minimum absolute atomic E-state index is 0.396. The minimum atomic E-state index is -1.12. The zero-order valence-electron chi connectivity index (χ0n) is 16.6. The van der Waals surface area contributed by atoms with Crippen molar-refractivity contribution in [2.45, 2.75) is 32.4 Å². The normalized spacial score (nSPS) is 12.0. The number of nitrogens with one attached hydrogen (secondary N) is 1. The molecule has 1 aromatic carbocycles. The van der Waals surface area contributed by atoms with Crippen molar-refractivity contribution >= 4 is 17.7 Å². The van der Waals surface area contributed by atoms with Gasteiger partial charge in [-0.05, 0) is 26.8 Å². The molecule has 0 aliphatic rings. The summed E-state index contributed by atoms with van der Waals surface area (Å²) >= 11 is 0. The molecule has 0 saturated heterocycles. The molecule has 8 nitrogen and oxygen atoms in total. The molecule has 1 N–H and O–H groups in total. The highest BCUT2D eigenvalue weighted by Gasteiger charge is 2.30. The van der Waals surface area contributed by atoms with Gasteiger partial charge >= 0.3 is 12.1 Å². The van der Waals surface area contributed by atoms with E-state index in [2.05, 4.69) is 5.32 Å². The van der Waals surface area contributed by atoms with E-state index < -0.39 is 23.7 Å². The first-order valence-corrected chi connectivity index (χ1v) is 8.04. The van der Waals surface area contributed by atoms with E-state index in [0.29, 0.717) is 17.1 Å². The van der Waals surface area contributed by atoms with Gasteiger partial charge in [0.25, 0.3) is 0 Å². The van der Waals surface area contributed by atoms with Gasteiger partial charge < -0.3 is 29.2 Å². The third-order valence-electron chi connectivity index (χ3n) is 3.42. The second-order valence-corrected chi connectivity index (χ2v) is 6.76. The third-order valence-corrected chi connectivity index (χ3v) is 3.42. The standard InChI is InChI=1S/C18H28N2O6/c1-18(2,3)26-17(22)19-15(16(21)25-8)11-9-14(24-7)12(20(4)5)10-13(11)23-6/h9-10,15H,1-8H3,(H,19,22)/t15-/m1/s1. The van der Waals surface area contributed by atoms with Crippen molar-refractivity contribution in [3.05, 3.63) is 17.7 Å². The van der Waals surface area contributed by atoms with Gasteiger partial charge in [-0.15, -0.1) is 0 Å². The van der Waals surface area contributed by atoms with Crippen LogP contribution in [-0.2, 0) is 14.3 Å². The predicted molar refractivity (Wildman–Crippen MR) is 98.0 cm³/mol. The number of alkyl carbamates (subject to hydrolysis) is 1. The van der Waals surface area contributed by atoms with Crippen LogP contribution in [0.4, 0.5) is 10.5 Å². The summed E-state index contributed by atoms with van der Waals surface area (Å²) in [5.41, 5.74) is 0.447. The molecule has 8 heteroatoms. The smallest absolute Gasteiger partial charge is 0.408 e. The fraction of sp³-hybridized carbons (Fsp3) is 0.556. The van der Waals surface area contributed by atoms with Gasteiger partial charge in [-0.3, -0.25) is 0 Å². The molecule has 0 bridgehead atoms. The number of ether oxygens (including phenoxy) is 4. The van der Waals surface area contributed by atoms with Crippen molar-refractivity contribution in [1.82, 2.24) is 5.32 Å². The number of nitrogens with zero attached hydrogens (tertiary/aromatic N) is 1. The van der Waals surface area contributed by atoms with Crippen LogP contribution in [0.3, 0.4) is 0 Å². The van der Waals surface area contributed by atoms with Gasteiger partial charge in [-0.2, -0.15) is 0 Å². The molecule has 0 aliphatic heterocycles. The number of amides is 1. The van der Waals surface area contributed by atoms with Crippen molar-refractivity contribution in [2.75, 3.05) is 40.3 Å². The Morgan fingerprint density at radius 3 is 2.04 bits per heavy atom. The molecular formula is C18H28N2O6. The second kappa shape index (κ2) is 8.64. The molecule has 0 radical (unpaired) electrons. The lowest BCUT2D eigenvalue weighted by atomic mass is 10.0. The fourth-order valence-corrected chi connectivity index (χ4v) is 2.29. The van der Waals surface area contributed by atoms with Gasteiger partial charge in [0.15, 0.2) is 6.04 Å². The highest BCUT2D eigenvalue weighted by molar-refractivity contribution is 5.84. The van der Waals surface area contributed by atoms with Gasteiger partial charge in [-0.25, -0.2) is 9.59 Å². The third kappa shape index (κ3) is 5.44. The maximum atomic E-state index is 12.3. The summed E-state index contributed by atoms with van der Waals surface area (Å²) in [5.74, 6) is 0.264. The van der Waals surface area contributed by atoms with Crippen LogP contribution >= 0.6 is 0 Å². The highest BCUT2D eigenvalue weighted by Crippen LogP contribution is 2.37. The lowest BCUT2D eigenvalue weighted by Crippen LogP contribution is -2.38. The minimum Gasteiger partial charge on any atom is -0.496 e. The first kappa shape index (κ1) is 21.4. The maximum absolute atomic E-state index is 12.3. The number of anilines is 1. The van der Waals surface area contributed by atoms with Crippen LogP contribution in [0.1, 0.15) is 32.4 Å². The molecule has 26 heavy (non-hydrogen) atoms. The summed E-state index contributed by atoms with van der Waals surface area (Å²) < 4.78 is 20.9. The molecule has 0 heterocycles. The van der Waals surface area contributed by atoms with Crippen molar-refractivity contribution < 1.29 is 28.5 Å².